The predicted molar refractivity (Wildman–Crippen MR) is 144 cm³/mol. The number of imidazole rings is 2. The van der Waals surface area contributed by atoms with Gasteiger partial charge in [-0.25, -0.2) is 23.5 Å². The monoisotopic (exact) mass is 542 g/mol. The van der Waals surface area contributed by atoms with Crippen LogP contribution in [0.2, 0.25) is 25.7 Å². The van der Waals surface area contributed by atoms with Gasteiger partial charge in [-0.05, 0) is 38.9 Å². The summed E-state index contributed by atoms with van der Waals surface area (Å²) in [7, 11) is -1.20. The normalized spacial score (nSPS) is 12.2. The Balaban J connectivity index is 1.59. The van der Waals surface area contributed by atoms with Crippen LogP contribution in [-0.2, 0) is 16.2 Å². The molecule has 0 aliphatic rings. The number of halogens is 2. The molecule has 0 unspecified atom stereocenters. The van der Waals surface area contributed by atoms with Crippen LogP contribution >= 0.6 is 0 Å². The Kier molecular flexibility index (Phi) is 7.65. The Morgan fingerprint density at radius 1 is 1.13 bits per heavy atom. The van der Waals surface area contributed by atoms with E-state index < -0.39 is 31.4 Å². The fourth-order valence-corrected chi connectivity index (χ4v) is 4.42. The first-order valence-corrected chi connectivity index (χ1v) is 15.9. The highest BCUT2D eigenvalue weighted by Crippen LogP contribution is 2.31. The summed E-state index contributed by atoms with van der Waals surface area (Å²) in [6.07, 6.45) is 7.11. The van der Waals surface area contributed by atoms with Crippen LogP contribution in [0.15, 0.2) is 43.2 Å². The van der Waals surface area contributed by atoms with Gasteiger partial charge in [-0.1, -0.05) is 19.6 Å². The summed E-state index contributed by atoms with van der Waals surface area (Å²) in [6, 6.07) is 3.26. The van der Waals surface area contributed by atoms with E-state index in [9.17, 15) is 9.18 Å². The highest BCUT2D eigenvalue weighted by atomic mass is 28.3. The van der Waals surface area contributed by atoms with E-state index in [1.807, 2.05) is 10.8 Å². The van der Waals surface area contributed by atoms with E-state index >= 15 is 4.39 Å². The van der Waals surface area contributed by atoms with Crippen molar-refractivity contribution in [1.82, 2.24) is 23.9 Å². The van der Waals surface area contributed by atoms with Gasteiger partial charge in [0.2, 0.25) is 0 Å². The molecule has 0 bridgehead atoms. The van der Waals surface area contributed by atoms with Crippen molar-refractivity contribution < 1.29 is 23.0 Å². The standard InChI is InChI=1S/C26H32F2N6O3Si/c1-26(2,3)37-25(35)32-18-8-7-17(27)21(22(18)28)19-14-34-15-31-23(20(34)13-30-19)24-29-9-10-33(24)16-36-11-12-38(4,5)6/h7-10,13-15H,11-12,16H2,1-6H3,(H,32,35). The maximum atomic E-state index is 15.3. The van der Waals surface area contributed by atoms with Crippen LogP contribution in [0.25, 0.3) is 28.3 Å². The van der Waals surface area contributed by atoms with E-state index in [1.54, 1.807) is 31.4 Å². The number of nitrogens with zero attached hydrogens (tertiary/aromatic N) is 5. The van der Waals surface area contributed by atoms with Crippen LogP contribution in [-0.4, -0.2) is 50.3 Å². The molecule has 0 radical (unpaired) electrons. The maximum absolute atomic E-state index is 15.3. The summed E-state index contributed by atoms with van der Waals surface area (Å²) in [5.74, 6) is -1.19. The second-order valence-electron chi connectivity index (χ2n) is 11.1. The van der Waals surface area contributed by atoms with Gasteiger partial charge in [-0.3, -0.25) is 10.3 Å². The number of fused-ring (bicyclic) bond motifs is 1. The number of carbonyl (C=O) groups is 1. The van der Waals surface area contributed by atoms with E-state index in [-0.39, 0.29) is 16.9 Å². The van der Waals surface area contributed by atoms with Gasteiger partial charge >= 0.3 is 6.09 Å². The van der Waals surface area contributed by atoms with E-state index in [1.165, 1.54) is 18.7 Å². The first-order chi connectivity index (χ1) is 17.8. The molecule has 12 heteroatoms. The molecule has 0 atom stereocenters. The molecule has 1 aromatic carbocycles. The molecule has 0 aliphatic carbocycles. The Morgan fingerprint density at radius 3 is 2.61 bits per heavy atom. The minimum atomic E-state index is -1.20. The van der Waals surface area contributed by atoms with Crippen molar-refractivity contribution in [2.45, 2.75) is 58.8 Å². The fraction of sp³-hybridized carbons (Fsp3) is 0.385. The molecule has 0 fully saturated rings. The zero-order valence-corrected chi connectivity index (χ0v) is 23.4. The zero-order chi connectivity index (χ0) is 27.7. The largest absolute Gasteiger partial charge is 0.444 e. The zero-order valence-electron chi connectivity index (χ0n) is 22.4. The first kappa shape index (κ1) is 27.4. The van der Waals surface area contributed by atoms with Gasteiger partial charge < -0.3 is 18.4 Å². The number of rotatable bonds is 8. The third-order valence-corrected chi connectivity index (χ3v) is 7.26. The van der Waals surface area contributed by atoms with Gasteiger partial charge in [0.15, 0.2) is 11.6 Å². The third kappa shape index (κ3) is 6.43. The molecular formula is C26H32F2N6O3Si. The maximum Gasteiger partial charge on any atom is 0.412 e. The summed E-state index contributed by atoms with van der Waals surface area (Å²) >= 11 is 0. The fourth-order valence-electron chi connectivity index (χ4n) is 3.67. The van der Waals surface area contributed by atoms with E-state index in [4.69, 9.17) is 9.47 Å². The van der Waals surface area contributed by atoms with Crippen molar-refractivity contribution in [3.8, 4) is 22.8 Å². The number of benzene rings is 1. The lowest BCUT2D eigenvalue weighted by molar-refractivity contribution is 0.0635. The average Bonchev–Trinajstić information content (AvgIpc) is 3.43. The average molecular weight is 543 g/mol. The molecule has 0 saturated carbocycles. The SMILES string of the molecule is CC(C)(C)OC(=O)Nc1ccc(F)c(-c2cn3cnc(-c4nccn4COCC[Si](C)(C)C)c3cn2)c1F. The lowest BCUT2D eigenvalue weighted by Crippen LogP contribution is -2.27. The lowest BCUT2D eigenvalue weighted by atomic mass is 10.1. The Bertz CT molecular complexity index is 1460. The molecular weight excluding hydrogens is 510 g/mol. The van der Waals surface area contributed by atoms with Gasteiger partial charge in [0.1, 0.15) is 30.2 Å². The molecule has 4 aromatic rings. The quantitative estimate of drug-likeness (QED) is 0.210. The van der Waals surface area contributed by atoms with Gasteiger partial charge in [-0.15, -0.1) is 0 Å². The van der Waals surface area contributed by atoms with Crippen molar-refractivity contribution in [3.63, 3.8) is 0 Å². The lowest BCUT2D eigenvalue weighted by Gasteiger charge is -2.20. The van der Waals surface area contributed by atoms with Gasteiger partial charge in [0.05, 0.1) is 28.7 Å². The number of nitrogens with one attached hydrogen (secondary N) is 1. The Hall–Kier alpha value is -3.64. The topological polar surface area (TPSA) is 95.6 Å². The molecule has 0 aliphatic heterocycles. The summed E-state index contributed by atoms with van der Waals surface area (Å²) in [5, 5.41) is 2.33. The smallest absolute Gasteiger partial charge is 0.412 e. The summed E-state index contributed by atoms with van der Waals surface area (Å²) < 4.78 is 44.6. The summed E-state index contributed by atoms with van der Waals surface area (Å²) in [6.45, 7) is 12.9. The third-order valence-electron chi connectivity index (χ3n) is 5.56. The van der Waals surface area contributed by atoms with E-state index in [0.29, 0.717) is 30.4 Å². The molecule has 1 amide bonds. The molecule has 3 heterocycles. The molecule has 0 spiro atoms. The molecule has 38 heavy (non-hydrogen) atoms. The van der Waals surface area contributed by atoms with Gasteiger partial charge in [0.25, 0.3) is 0 Å². The van der Waals surface area contributed by atoms with Crippen molar-refractivity contribution in [1.29, 1.82) is 0 Å². The van der Waals surface area contributed by atoms with Crippen LogP contribution in [0.4, 0.5) is 19.3 Å². The molecule has 9 nitrogen and oxygen atoms in total. The van der Waals surface area contributed by atoms with Crippen molar-refractivity contribution in [2.75, 3.05) is 11.9 Å². The number of ether oxygens (including phenoxy) is 2. The second kappa shape index (κ2) is 10.6. The first-order valence-electron chi connectivity index (χ1n) is 12.2. The summed E-state index contributed by atoms with van der Waals surface area (Å²) in [5.41, 5.74) is -0.184. The number of anilines is 1. The number of amides is 1. The number of carbonyl (C=O) groups excluding carboxylic acids is 1. The van der Waals surface area contributed by atoms with E-state index in [0.717, 1.165) is 18.2 Å². The Morgan fingerprint density at radius 2 is 1.89 bits per heavy atom. The number of aromatic nitrogens is 5. The number of hydrogen-bond donors (Lipinski definition) is 1. The molecule has 3 aromatic heterocycles. The number of hydrogen-bond acceptors (Lipinski definition) is 6. The van der Waals surface area contributed by atoms with Crippen molar-refractivity contribution >= 4 is 25.4 Å². The van der Waals surface area contributed by atoms with Gasteiger partial charge in [0, 0.05) is 33.3 Å². The molecule has 0 saturated heterocycles. The predicted octanol–water partition coefficient (Wildman–Crippen LogP) is 6.20. The van der Waals surface area contributed by atoms with Crippen LogP contribution in [0.3, 0.4) is 0 Å². The van der Waals surface area contributed by atoms with Crippen LogP contribution in [0.5, 0.6) is 0 Å². The molecule has 4 rings (SSSR count). The summed E-state index contributed by atoms with van der Waals surface area (Å²) in [4.78, 5) is 25.3. The minimum Gasteiger partial charge on any atom is -0.444 e. The molecule has 1 N–H and O–H groups in total. The Labute approximate surface area is 220 Å². The highest BCUT2D eigenvalue weighted by Gasteiger charge is 2.22. The highest BCUT2D eigenvalue weighted by molar-refractivity contribution is 6.76. The van der Waals surface area contributed by atoms with Gasteiger partial charge in [-0.2, -0.15) is 0 Å². The van der Waals surface area contributed by atoms with Crippen LogP contribution in [0, 0.1) is 11.6 Å². The van der Waals surface area contributed by atoms with Crippen LogP contribution in [0.1, 0.15) is 20.8 Å². The van der Waals surface area contributed by atoms with Crippen molar-refractivity contribution in [3.05, 3.63) is 54.9 Å². The van der Waals surface area contributed by atoms with Crippen molar-refractivity contribution in [2.24, 2.45) is 0 Å². The minimum absolute atomic E-state index is 0.0299. The second-order valence-corrected chi connectivity index (χ2v) is 16.8. The van der Waals surface area contributed by atoms with Crippen LogP contribution < -0.4 is 5.32 Å². The molecule has 202 valence electrons. The van der Waals surface area contributed by atoms with E-state index in [2.05, 4.69) is 39.9 Å².